The van der Waals surface area contributed by atoms with Crippen LogP contribution in [0.5, 0.6) is 0 Å². The van der Waals surface area contributed by atoms with Crippen LogP contribution in [0, 0.1) is 11.3 Å². The van der Waals surface area contributed by atoms with Gasteiger partial charge in [0.05, 0.1) is 0 Å². The molecule has 2 atom stereocenters. The average Bonchev–Trinajstić information content (AvgIpc) is 2.39. The van der Waals surface area contributed by atoms with Crippen molar-refractivity contribution < 1.29 is 0 Å². The highest BCUT2D eigenvalue weighted by Gasteiger charge is 2.51. The van der Waals surface area contributed by atoms with Crippen molar-refractivity contribution in [3.8, 4) is 0 Å². The fraction of sp³-hybridized carbons (Fsp3) is 1.00. The molecule has 1 fully saturated rings. The summed E-state index contributed by atoms with van der Waals surface area (Å²) in [7, 11) is -0.877. The van der Waals surface area contributed by atoms with Gasteiger partial charge < -0.3 is 0 Å². The van der Waals surface area contributed by atoms with E-state index < -0.39 is 8.07 Å². The smallest absolute Gasteiger partial charge is 0.0448 e. The molecule has 0 aliphatic heterocycles. The van der Waals surface area contributed by atoms with Gasteiger partial charge in [0.25, 0.3) is 0 Å². The van der Waals surface area contributed by atoms with Crippen molar-refractivity contribution >= 4 is 19.7 Å². The molecular weight excluding hydrogens is 172 g/mol. The van der Waals surface area contributed by atoms with Gasteiger partial charge in [0.15, 0.2) is 0 Å². The van der Waals surface area contributed by atoms with Crippen LogP contribution in [-0.4, -0.2) is 14.0 Å². The second-order valence-corrected chi connectivity index (χ2v) is 11.1. The van der Waals surface area contributed by atoms with Gasteiger partial charge in [-0.05, 0) is 17.8 Å². The topological polar surface area (TPSA) is 0 Å². The van der Waals surface area contributed by atoms with Crippen LogP contribution < -0.4 is 0 Å². The van der Waals surface area contributed by atoms with Gasteiger partial charge in [0, 0.05) is 14.0 Å². The third-order valence-electron chi connectivity index (χ3n) is 2.75. The molecule has 0 saturated heterocycles. The minimum Gasteiger partial charge on any atom is -0.126 e. The molecule has 2 heteroatoms. The molecule has 0 aromatic rings. The summed E-state index contributed by atoms with van der Waals surface area (Å²) in [6.45, 7) is 9.65. The van der Waals surface area contributed by atoms with Gasteiger partial charge in [-0.15, -0.1) is 11.6 Å². The molecule has 1 saturated carbocycles. The third-order valence-corrected chi connectivity index (χ3v) is 5.04. The Morgan fingerprint density at radius 2 is 1.91 bits per heavy atom. The summed E-state index contributed by atoms with van der Waals surface area (Å²) < 4.78 is 0. The first-order chi connectivity index (χ1) is 4.90. The predicted octanol–water partition coefficient (Wildman–Crippen LogP) is 3.59. The standard InChI is InChI=1S/C9H19ClSi/c1-8-5-9(8,6-10)7-11(2,3)4/h8H,5-7H2,1-4H3. The Bertz CT molecular complexity index is 146. The normalized spacial score (nSPS) is 37.4. The van der Waals surface area contributed by atoms with Crippen LogP contribution in [0.2, 0.25) is 25.7 Å². The van der Waals surface area contributed by atoms with E-state index in [0.29, 0.717) is 5.41 Å². The second-order valence-electron chi connectivity index (χ2n) is 5.34. The Kier molecular flexibility index (Phi) is 2.42. The van der Waals surface area contributed by atoms with Crippen LogP contribution in [0.1, 0.15) is 13.3 Å². The van der Waals surface area contributed by atoms with Gasteiger partial charge in [-0.25, -0.2) is 0 Å². The third kappa shape index (κ3) is 2.22. The van der Waals surface area contributed by atoms with Crippen LogP contribution >= 0.6 is 11.6 Å². The van der Waals surface area contributed by atoms with Gasteiger partial charge in [-0.1, -0.05) is 32.6 Å². The van der Waals surface area contributed by atoms with Crippen molar-refractivity contribution in [2.75, 3.05) is 5.88 Å². The summed E-state index contributed by atoms with van der Waals surface area (Å²) in [5.41, 5.74) is 0.562. The van der Waals surface area contributed by atoms with E-state index in [0.717, 1.165) is 11.8 Å². The van der Waals surface area contributed by atoms with Crippen LogP contribution in [0.3, 0.4) is 0 Å². The summed E-state index contributed by atoms with van der Waals surface area (Å²) in [5, 5.41) is 0. The van der Waals surface area contributed by atoms with Gasteiger partial charge in [0.2, 0.25) is 0 Å². The average molecular weight is 191 g/mol. The lowest BCUT2D eigenvalue weighted by atomic mass is 10.1. The second kappa shape index (κ2) is 2.77. The number of halogens is 1. The fourth-order valence-electron chi connectivity index (χ4n) is 2.09. The van der Waals surface area contributed by atoms with Gasteiger partial charge in [-0.2, -0.15) is 0 Å². The molecule has 0 bridgehead atoms. The van der Waals surface area contributed by atoms with E-state index in [4.69, 9.17) is 11.6 Å². The zero-order valence-electron chi connectivity index (χ0n) is 8.08. The Hall–Kier alpha value is 0.507. The first-order valence-corrected chi connectivity index (χ1v) is 8.70. The van der Waals surface area contributed by atoms with Crippen LogP contribution in [-0.2, 0) is 0 Å². The van der Waals surface area contributed by atoms with Gasteiger partial charge >= 0.3 is 0 Å². The van der Waals surface area contributed by atoms with Crippen molar-refractivity contribution in [1.29, 1.82) is 0 Å². The van der Waals surface area contributed by atoms with Crippen molar-refractivity contribution in [3.05, 3.63) is 0 Å². The molecule has 0 spiro atoms. The van der Waals surface area contributed by atoms with Crippen molar-refractivity contribution in [2.45, 2.75) is 39.0 Å². The molecule has 0 aromatic carbocycles. The van der Waals surface area contributed by atoms with E-state index in [9.17, 15) is 0 Å². The van der Waals surface area contributed by atoms with E-state index in [-0.39, 0.29) is 0 Å². The van der Waals surface area contributed by atoms with E-state index >= 15 is 0 Å². The van der Waals surface area contributed by atoms with E-state index in [1.165, 1.54) is 12.5 Å². The number of hydrogen-bond acceptors (Lipinski definition) is 0. The number of alkyl halides is 1. The van der Waals surface area contributed by atoms with Crippen molar-refractivity contribution in [2.24, 2.45) is 11.3 Å². The molecule has 0 heterocycles. The fourth-order valence-corrected chi connectivity index (χ4v) is 5.44. The zero-order chi connectivity index (χ0) is 8.70. The van der Waals surface area contributed by atoms with Crippen LogP contribution in [0.4, 0.5) is 0 Å². The first-order valence-electron chi connectivity index (χ1n) is 4.46. The zero-order valence-corrected chi connectivity index (χ0v) is 9.83. The highest BCUT2D eigenvalue weighted by Crippen LogP contribution is 2.57. The lowest BCUT2D eigenvalue weighted by molar-refractivity contribution is 0.583. The van der Waals surface area contributed by atoms with Crippen LogP contribution in [0.15, 0.2) is 0 Å². The Labute approximate surface area is 76.3 Å². The molecule has 66 valence electrons. The molecule has 11 heavy (non-hydrogen) atoms. The summed E-state index contributed by atoms with van der Waals surface area (Å²) in [6.07, 6.45) is 1.38. The SMILES string of the molecule is CC1CC1(CCl)C[Si](C)(C)C. The molecule has 0 radical (unpaired) electrons. The number of rotatable bonds is 3. The molecule has 0 N–H and O–H groups in total. The summed E-state index contributed by atoms with van der Waals surface area (Å²) in [4.78, 5) is 0. The lowest BCUT2D eigenvalue weighted by Crippen LogP contribution is -2.26. The monoisotopic (exact) mass is 190 g/mol. The minimum atomic E-state index is -0.877. The Morgan fingerprint density at radius 3 is 2.00 bits per heavy atom. The summed E-state index contributed by atoms with van der Waals surface area (Å²) in [6, 6.07) is 1.42. The van der Waals surface area contributed by atoms with Gasteiger partial charge in [0.1, 0.15) is 0 Å². The molecule has 1 rings (SSSR count). The molecule has 1 aliphatic rings. The summed E-state index contributed by atoms with van der Waals surface area (Å²) >= 11 is 5.98. The highest BCUT2D eigenvalue weighted by atomic mass is 35.5. The van der Waals surface area contributed by atoms with Crippen LogP contribution in [0.25, 0.3) is 0 Å². The molecule has 0 aromatic heterocycles. The maximum atomic E-state index is 5.98. The molecule has 2 unspecified atom stereocenters. The molecule has 0 amide bonds. The van der Waals surface area contributed by atoms with E-state index in [1.807, 2.05) is 0 Å². The molecular formula is C9H19ClSi. The summed E-state index contributed by atoms with van der Waals surface area (Å²) in [5.74, 6) is 1.78. The van der Waals surface area contributed by atoms with E-state index in [1.54, 1.807) is 0 Å². The maximum Gasteiger partial charge on any atom is 0.0448 e. The Balaban J connectivity index is 2.48. The predicted molar refractivity (Wildman–Crippen MR) is 55.1 cm³/mol. The highest BCUT2D eigenvalue weighted by molar-refractivity contribution is 6.76. The molecule has 0 nitrogen and oxygen atoms in total. The number of hydrogen-bond donors (Lipinski definition) is 0. The minimum absolute atomic E-state index is 0.562. The van der Waals surface area contributed by atoms with E-state index in [2.05, 4.69) is 26.6 Å². The van der Waals surface area contributed by atoms with Crippen molar-refractivity contribution in [3.63, 3.8) is 0 Å². The molecule has 1 aliphatic carbocycles. The Morgan fingerprint density at radius 1 is 1.45 bits per heavy atom. The quantitative estimate of drug-likeness (QED) is 0.472. The largest absolute Gasteiger partial charge is 0.126 e. The lowest BCUT2D eigenvalue weighted by Gasteiger charge is -2.23. The maximum absolute atomic E-state index is 5.98. The van der Waals surface area contributed by atoms with Gasteiger partial charge in [-0.3, -0.25) is 0 Å². The van der Waals surface area contributed by atoms with Crippen molar-refractivity contribution in [1.82, 2.24) is 0 Å². The first kappa shape index (κ1) is 9.59.